The summed E-state index contributed by atoms with van der Waals surface area (Å²) in [6.45, 7) is 4.04. The van der Waals surface area contributed by atoms with Crippen molar-refractivity contribution in [1.29, 1.82) is 0 Å². The second-order valence-electron chi connectivity index (χ2n) is 9.39. The molecule has 2 aromatic carbocycles. The number of carboxylic acid groups (broad SMARTS) is 1. The maximum atomic E-state index is 13.0. The molecule has 180 valence electrons. The zero-order chi connectivity index (χ0) is 24.2. The van der Waals surface area contributed by atoms with Crippen LogP contribution in [0, 0.1) is 11.8 Å². The van der Waals surface area contributed by atoms with Crippen molar-refractivity contribution in [1.82, 2.24) is 10.6 Å². The average molecular weight is 465 g/mol. The van der Waals surface area contributed by atoms with E-state index in [1.54, 1.807) is 0 Å². The van der Waals surface area contributed by atoms with E-state index in [0.29, 0.717) is 25.7 Å². The molecule has 2 aliphatic rings. The second-order valence-corrected chi connectivity index (χ2v) is 9.39. The first-order valence-corrected chi connectivity index (χ1v) is 12.0. The van der Waals surface area contributed by atoms with Crippen LogP contribution in [0.4, 0.5) is 4.79 Å². The highest BCUT2D eigenvalue weighted by Gasteiger charge is 2.34. The fourth-order valence-corrected chi connectivity index (χ4v) is 5.10. The number of ether oxygens (including phenoxy) is 1. The minimum atomic E-state index is -0.827. The number of benzene rings is 2. The molecular weight excluding hydrogens is 432 g/mol. The van der Waals surface area contributed by atoms with Crippen LogP contribution in [-0.2, 0) is 14.3 Å². The van der Waals surface area contributed by atoms with Crippen molar-refractivity contribution < 1.29 is 24.2 Å². The number of hydrogen-bond acceptors (Lipinski definition) is 4. The van der Waals surface area contributed by atoms with Gasteiger partial charge in [-0.05, 0) is 47.4 Å². The van der Waals surface area contributed by atoms with E-state index in [-0.39, 0.29) is 30.4 Å². The molecule has 0 radical (unpaired) electrons. The predicted octanol–water partition coefficient (Wildman–Crippen LogP) is 4.31. The van der Waals surface area contributed by atoms with Gasteiger partial charge in [0.2, 0.25) is 5.91 Å². The van der Waals surface area contributed by atoms with Gasteiger partial charge in [0.1, 0.15) is 12.6 Å². The molecule has 1 saturated carbocycles. The first-order valence-electron chi connectivity index (χ1n) is 12.0. The van der Waals surface area contributed by atoms with Gasteiger partial charge in [-0.25, -0.2) is 4.79 Å². The van der Waals surface area contributed by atoms with Crippen LogP contribution in [0.1, 0.15) is 56.6 Å². The predicted molar refractivity (Wildman–Crippen MR) is 128 cm³/mol. The van der Waals surface area contributed by atoms with Gasteiger partial charge in [-0.15, -0.1) is 0 Å². The lowest BCUT2D eigenvalue weighted by Gasteiger charge is -2.25. The summed E-state index contributed by atoms with van der Waals surface area (Å²) in [5.74, 6) is -1.70. The largest absolute Gasteiger partial charge is 0.481 e. The molecular formula is C27H32N2O5. The number of amides is 2. The molecule has 0 heterocycles. The van der Waals surface area contributed by atoms with Crippen LogP contribution in [0.3, 0.4) is 0 Å². The number of hydrogen-bond donors (Lipinski definition) is 3. The first-order chi connectivity index (χ1) is 16.4. The lowest BCUT2D eigenvalue weighted by atomic mass is 9.97. The van der Waals surface area contributed by atoms with E-state index in [9.17, 15) is 19.5 Å². The quantitative estimate of drug-likeness (QED) is 0.540. The van der Waals surface area contributed by atoms with Crippen LogP contribution >= 0.6 is 0 Å². The standard InChI is InChI=1S/C27H32N2O5/c1-3-16(2)24(25(30)28-18-13-12-17(14-18)26(31)32)29-27(33)34-15-23-21-10-6-4-8-19(21)20-9-5-7-11-22(20)23/h4-11,16-18,23-24H,3,12-15H2,1-2H3,(H,28,30)(H,29,33)(H,31,32)/t16?,17-,18+,24?/m1/s1. The molecule has 0 spiro atoms. The molecule has 7 nitrogen and oxygen atoms in total. The highest BCUT2D eigenvalue weighted by molar-refractivity contribution is 5.86. The van der Waals surface area contributed by atoms with Crippen molar-refractivity contribution in [2.75, 3.05) is 6.61 Å². The molecule has 34 heavy (non-hydrogen) atoms. The third-order valence-corrected chi connectivity index (χ3v) is 7.24. The van der Waals surface area contributed by atoms with E-state index in [1.807, 2.05) is 38.1 Å². The summed E-state index contributed by atoms with van der Waals surface area (Å²) in [4.78, 5) is 36.9. The molecule has 0 aliphatic heterocycles. The number of fused-ring (bicyclic) bond motifs is 3. The molecule has 0 bridgehead atoms. The molecule has 0 saturated heterocycles. The average Bonchev–Trinajstić information content (AvgIpc) is 3.43. The first kappa shape index (κ1) is 23.8. The Morgan fingerprint density at radius 2 is 1.65 bits per heavy atom. The molecule has 7 heteroatoms. The molecule has 4 atom stereocenters. The number of carbonyl (C=O) groups is 3. The van der Waals surface area contributed by atoms with Crippen molar-refractivity contribution in [3.05, 3.63) is 59.7 Å². The maximum absolute atomic E-state index is 13.0. The van der Waals surface area contributed by atoms with Gasteiger partial charge in [-0.1, -0.05) is 68.8 Å². The normalized spacial score (nSPS) is 20.6. The van der Waals surface area contributed by atoms with E-state index >= 15 is 0 Å². The van der Waals surface area contributed by atoms with Gasteiger partial charge in [0.05, 0.1) is 5.92 Å². The van der Waals surface area contributed by atoms with E-state index in [1.165, 1.54) is 0 Å². The summed E-state index contributed by atoms with van der Waals surface area (Å²) in [5.41, 5.74) is 4.56. The van der Waals surface area contributed by atoms with E-state index in [2.05, 4.69) is 34.9 Å². The van der Waals surface area contributed by atoms with Crippen molar-refractivity contribution in [2.45, 2.75) is 57.5 Å². The van der Waals surface area contributed by atoms with Crippen molar-refractivity contribution in [3.63, 3.8) is 0 Å². The monoisotopic (exact) mass is 464 g/mol. The number of nitrogens with one attached hydrogen (secondary N) is 2. The van der Waals surface area contributed by atoms with Crippen LogP contribution < -0.4 is 10.6 Å². The highest BCUT2D eigenvalue weighted by Crippen LogP contribution is 2.44. The van der Waals surface area contributed by atoms with Crippen LogP contribution in [0.5, 0.6) is 0 Å². The van der Waals surface area contributed by atoms with E-state index in [0.717, 1.165) is 22.3 Å². The highest BCUT2D eigenvalue weighted by atomic mass is 16.5. The molecule has 1 fully saturated rings. The molecule has 2 unspecified atom stereocenters. The summed E-state index contributed by atoms with van der Waals surface area (Å²) < 4.78 is 5.63. The minimum Gasteiger partial charge on any atom is -0.481 e. The van der Waals surface area contributed by atoms with Gasteiger partial charge in [-0.2, -0.15) is 0 Å². The Bertz CT molecular complexity index is 1020. The Labute approximate surface area is 199 Å². The fourth-order valence-electron chi connectivity index (χ4n) is 5.10. The molecule has 0 aromatic heterocycles. The van der Waals surface area contributed by atoms with Crippen molar-refractivity contribution in [2.24, 2.45) is 11.8 Å². The summed E-state index contributed by atoms with van der Waals surface area (Å²) in [7, 11) is 0. The Kier molecular flexibility index (Phi) is 7.20. The SMILES string of the molecule is CCC(C)C(NC(=O)OCC1c2ccccc2-c2ccccc21)C(=O)N[C@H]1CC[C@@H](C(=O)O)C1. The molecule has 4 rings (SSSR count). The lowest BCUT2D eigenvalue weighted by molar-refractivity contribution is -0.141. The van der Waals surface area contributed by atoms with Gasteiger partial charge >= 0.3 is 12.1 Å². The van der Waals surface area contributed by atoms with Gasteiger partial charge in [0, 0.05) is 12.0 Å². The summed E-state index contributed by atoms with van der Waals surface area (Å²) >= 11 is 0. The zero-order valence-electron chi connectivity index (χ0n) is 19.6. The molecule has 2 aliphatic carbocycles. The van der Waals surface area contributed by atoms with Crippen LogP contribution in [-0.4, -0.2) is 41.8 Å². The number of carboxylic acids is 1. The minimum absolute atomic E-state index is 0.0551. The zero-order valence-corrected chi connectivity index (χ0v) is 19.6. The number of alkyl carbamates (subject to hydrolysis) is 1. The van der Waals surface area contributed by atoms with E-state index < -0.39 is 24.0 Å². The van der Waals surface area contributed by atoms with Crippen LogP contribution in [0.25, 0.3) is 11.1 Å². The maximum Gasteiger partial charge on any atom is 0.407 e. The summed E-state index contributed by atoms with van der Waals surface area (Å²) in [5, 5.41) is 14.9. The number of rotatable bonds is 8. The van der Waals surface area contributed by atoms with E-state index in [4.69, 9.17) is 4.74 Å². The molecule has 2 aromatic rings. The summed E-state index contributed by atoms with van der Waals surface area (Å²) in [6, 6.07) is 15.3. The van der Waals surface area contributed by atoms with Gasteiger partial charge in [0.15, 0.2) is 0 Å². The Hall–Kier alpha value is -3.35. The van der Waals surface area contributed by atoms with Crippen molar-refractivity contribution >= 4 is 18.0 Å². The second kappa shape index (κ2) is 10.3. The van der Waals surface area contributed by atoms with Crippen LogP contribution in [0.15, 0.2) is 48.5 Å². The number of carbonyl (C=O) groups excluding carboxylic acids is 2. The Morgan fingerprint density at radius 1 is 1.03 bits per heavy atom. The fraction of sp³-hybridized carbons (Fsp3) is 0.444. The lowest BCUT2D eigenvalue weighted by Crippen LogP contribution is -2.52. The van der Waals surface area contributed by atoms with Gasteiger partial charge < -0.3 is 20.5 Å². The molecule has 3 N–H and O–H groups in total. The smallest absolute Gasteiger partial charge is 0.407 e. The third kappa shape index (κ3) is 4.93. The van der Waals surface area contributed by atoms with Crippen molar-refractivity contribution in [3.8, 4) is 11.1 Å². The topological polar surface area (TPSA) is 105 Å². The van der Waals surface area contributed by atoms with Crippen LogP contribution in [0.2, 0.25) is 0 Å². The Balaban J connectivity index is 1.38. The third-order valence-electron chi connectivity index (χ3n) is 7.24. The number of aliphatic carboxylic acids is 1. The van der Waals surface area contributed by atoms with Gasteiger partial charge in [0.25, 0.3) is 0 Å². The Morgan fingerprint density at radius 3 is 2.21 bits per heavy atom. The van der Waals surface area contributed by atoms with Gasteiger partial charge in [-0.3, -0.25) is 9.59 Å². The summed E-state index contributed by atoms with van der Waals surface area (Å²) in [6.07, 6.45) is 1.66. The molecule has 2 amide bonds.